The Morgan fingerprint density at radius 2 is 1.95 bits per heavy atom. The number of nitrogens with zero attached hydrogens (tertiary/aromatic N) is 6. The third kappa shape index (κ3) is 5.90. The minimum atomic E-state index is -1.14. The number of carbonyl (C=O) groups is 1. The van der Waals surface area contributed by atoms with Crippen molar-refractivity contribution in [1.29, 1.82) is 0 Å². The molecule has 1 saturated carbocycles. The summed E-state index contributed by atoms with van der Waals surface area (Å²) in [7, 11) is -1.14. The Labute approximate surface area is 244 Å². The summed E-state index contributed by atoms with van der Waals surface area (Å²) in [5.41, 5.74) is 4.49. The standard InChI is InChI=1S/C30H33ClN6O3Si/c1-19-34-24-13-22(6-8-26(24)37(19)18-39-11-12-41(2,3)4)40-28-10-7-23-30(29(28)31)35-25(15-32-23)21-14-33-36(17-21)16-20-5-9-27(20)38/h6-8,10,13-15,17,20H,5,9,11-12,16,18H2,1-4H3. The number of benzene rings is 2. The summed E-state index contributed by atoms with van der Waals surface area (Å²) in [5.74, 6) is 2.36. The van der Waals surface area contributed by atoms with E-state index in [1.165, 1.54) is 0 Å². The molecule has 0 radical (unpaired) electrons. The Balaban J connectivity index is 1.20. The highest BCUT2D eigenvalue weighted by Crippen LogP contribution is 2.36. The first-order valence-corrected chi connectivity index (χ1v) is 18.0. The molecule has 0 amide bonds. The molecule has 0 aliphatic heterocycles. The summed E-state index contributed by atoms with van der Waals surface area (Å²) in [5, 5.41) is 4.79. The summed E-state index contributed by atoms with van der Waals surface area (Å²) >= 11 is 6.80. The van der Waals surface area contributed by atoms with Crippen LogP contribution in [0, 0.1) is 12.8 Å². The van der Waals surface area contributed by atoms with Crippen molar-refractivity contribution in [2.24, 2.45) is 5.92 Å². The molecular weight excluding hydrogens is 556 g/mol. The number of ketones is 1. The van der Waals surface area contributed by atoms with Crippen LogP contribution < -0.4 is 4.74 Å². The summed E-state index contributed by atoms with van der Waals surface area (Å²) in [6.07, 6.45) is 6.92. The van der Waals surface area contributed by atoms with Crippen LogP contribution in [0.25, 0.3) is 33.3 Å². The Kier molecular flexibility index (Phi) is 7.39. The number of fused-ring (bicyclic) bond motifs is 2. The molecule has 0 N–H and O–H groups in total. The molecule has 11 heteroatoms. The summed E-state index contributed by atoms with van der Waals surface area (Å²) in [6.45, 7) is 10.8. The monoisotopic (exact) mass is 588 g/mol. The van der Waals surface area contributed by atoms with Crippen molar-refractivity contribution in [3.05, 3.63) is 59.8 Å². The molecule has 9 nitrogen and oxygen atoms in total. The van der Waals surface area contributed by atoms with Gasteiger partial charge in [0.1, 0.15) is 40.4 Å². The Hall–Kier alpha value is -3.60. The molecule has 3 heterocycles. The van der Waals surface area contributed by atoms with Crippen molar-refractivity contribution in [1.82, 2.24) is 29.3 Å². The topological polar surface area (TPSA) is 97.0 Å². The molecule has 6 rings (SSSR count). The predicted octanol–water partition coefficient (Wildman–Crippen LogP) is 6.89. The van der Waals surface area contributed by atoms with Crippen LogP contribution in [0.3, 0.4) is 0 Å². The smallest absolute Gasteiger partial charge is 0.148 e. The maximum atomic E-state index is 11.7. The molecule has 0 saturated heterocycles. The van der Waals surface area contributed by atoms with E-state index in [1.54, 1.807) is 23.1 Å². The number of hydrogen-bond donors (Lipinski definition) is 0. The quantitative estimate of drug-likeness (QED) is 0.129. The second-order valence-corrected chi connectivity index (χ2v) is 17.8. The minimum absolute atomic E-state index is 0.0598. The number of aromatic nitrogens is 6. The van der Waals surface area contributed by atoms with E-state index < -0.39 is 8.07 Å². The van der Waals surface area contributed by atoms with Gasteiger partial charge >= 0.3 is 0 Å². The molecule has 1 unspecified atom stereocenters. The van der Waals surface area contributed by atoms with Crippen molar-refractivity contribution in [3.8, 4) is 22.8 Å². The molecule has 1 aliphatic carbocycles. The summed E-state index contributed by atoms with van der Waals surface area (Å²) in [4.78, 5) is 25.8. The average Bonchev–Trinajstić information content (AvgIpc) is 3.53. The van der Waals surface area contributed by atoms with Gasteiger partial charge in [0.15, 0.2) is 0 Å². The van der Waals surface area contributed by atoms with Gasteiger partial charge in [0.2, 0.25) is 0 Å². The lowest BCUT2D eigenvalue weighted by Crippen LogP contribution is -2.29. The third-order valence-corrected chi connectivity index (χ3v) is 9.57. The van der Waals surface area contributed by atoms with Crippen LogP contribution in [0.15, 0.2) is 48.9 Å². The van der Waals surface area contributed by atoms with Gasteiger partial charge in [0.05, 0.1) is 41.2 Å². The fraction of sp³-hybridized carbons (Fsp3) is 0.367. The van der Waals surface area contributed by atoms with Crippen molar-refractivity contribution < 1.29 is 14.3 Å². The normalized spacial score (nSPS) is 15.5. The second kappa shape index (κ2) is 11.0. The number of imidazole rings is 1. The Morgan fingerprint density at radius 3 is 2.71 bits per heavy atom. The first-order valence-electron chi connectivity index (χ1n) is 13.9. The number of rotatable bonds is 10. The lowest BCUT2D eigenvalue weighted by Gasteiger charge is -2.23. The average molecular weight is 589 g/mol. The zero-order chi connectivity index (χ0) is 28.7. The molecule has 41 heavy (non-hydrogen) atoms. The van der Waals surface area contributed by atoms with Crippen LogP contribution in [0.2, 0.25) is 30.7 Å². The fourth-order valence-electron chi connectivity index (χ4n) is 4.84. The van der Waals surface area contributed by atoms with E-state index in [0.29, 0.717) is 58.7 Å². The number of ether oxygens (including phenoxy) is 2. The van der Waals surface area contributed by atoms with E-state index in [2.05, 4.69) is 34.3 Å². The Bertz CT molecular complexity index is 1760. The van der Waals surface area contributed by atoms with Gasteiger partial charge in [0.25, 0.3) is 0 Å². The number of Topliss-reactive ketones (excluding diaryl/α,β-unsaturated/α-hetero) is 1. The number of aryl methyl sites for hydroxylation is 1. The van der Waals surface area contributed by atoms with Gasteiger partial charge < -0.3 is 14.0 Å². The summed E-state index contributed by atoms with van der Waals surface area (Å²) < 4.78 is 16.1. The van der Waals surface area contributed by atoms with Crippen molar-refractivity contribution in [3.63, 3.8) is 0 Å². The van der Waals surface area contributed by atoms with E-state index in [9.17, 15) is 4.79 Å². The first-order chi connectivity index (χ1) is 19.6. The van der Waals surface area contributed by atoms with Gasteiger partial charge in [-0.15, -0.1) is 0 Å². The number of hydrogen-bond acceptors (Lipinski definition) is 7. The lowest BCUT2D eigenvalue weighted by molar-refractivity contribution is -0.129. The largest absolute Gasteiger partial charge is 0.456 e. The van der Waals surface area contributed by atoms with E-state index in [0.717, 1.165) is 41.5 Å². The van der Waals surface area contributed by atoms with Crippen molar-refractivity contribution in [2.45, 2.75) is 58.7 Å². The van der Waals surface area contributed by atoms with Gasteiger partial charge in [-0.2, -0.15) is 5.10 Å². The van der Waals surface area contributed by atoms with E-state index in [1.807, 2.05) is 37.4 Å². The maximum Gasteiger partial charge on any atom is 0.148 e. The molecular formula is C30H33ClN6O3Si. The van der Waals surface area contributed by atoms with E-state index in [-0.39, 0.29) is 5.92 Å². The van der Waals surface area contributed by atoms with E-state index >= 15 is 0 Å². The van der Waals surface area contributed by atoms with Gasteiger partial charge in [-0.25, -0.2) is 9.97 Å². The molecule has 0 bridgehead atoms. The molecule has 0 spiro atoms. The highest BCUT2D eigenvalue weighted by Gasteiger charge is 2.28. The lowest BCUT2D eigenvalue weighted by atomic mass is 9.84. The van der Waals surface area contributed by atoms with Gasteiger partial charge in [-0.3, -0.25) is 14.5 Å². The van der Waals surface area contributed by atoms with Gasteiger partial charge in [-0.05, 0) is 43.7 Å². The molecule has 3 aromatic heterocycles. The zero-order valence-electron chi connectivity index (χ0n) is 23.7. The van der Waals surface area contributed by atoms with Gasteiger partial charge in [0, 0.05) is 44.8 Å². The summed E-state index contributed by atoms with van der Waals surface area (Å²) in [6, 6.07) is 10.6. The zero-order valence-corrected chi connectivity index (χ0v) is 25.5. The fourth-order valence-corrected chi connectivity index (χ4v) is 5.84. The van der Waals surface area contributed by atoms with E-state index in [4.69, 9.17) is 31.0 Å². The highest BCUT2D eigenvalue weighted by molar-refractivity contribution is 6.76. The highest BCUT2D eigenvalue weighted by atomic mass is 35.5. The predicted molar refractivity (Wildman–Crippen MR) is 162 cm³/mol. The third-order valence-electron chi connectivity index (χ3n) is 7.50. The van der Waals surface area contributed by atoms with Crippen LogP contribution in [0.5, 0.6) is 11.5 Å². The molecule has 2 aromatic carbocycles. The SMILES string of the molecule is Cc1nc2cc(Oc3ccc4ncc(-c5cnn(CC6CCC6=O)c5)nc4c3Cl)ccc2n1COCC[Si](C)(C)C. The van der Waals surface area contributed by atoms with Crippen LogP contribution >= 0.6 is 11.6 Å². The molecule has 212 valence electrons. The van der Waals surface area contributed by atoms with Crippen LogP contribution in [0.1, 0.15) is 18.7 Å². The molecule has 5 aromatic rings. The second-order valence-electron chi connectivity index (χ2n) is 11.8. The molecule has 1 fully saturated rings. The van der Waals surface area contributed by atoms with Crippen molar-refractivity contribution in [2.75, 3.05) is 6.61 Å². The molecule has 1 atom stereocenters. The minimum Gasteiger partial charge on any atom is -0.456 e. The number of carbonyl (C=O) groups excluding carboxylic acids is 1. The van der Waals surface area contributed by atoms with Crippen LogP contribution in [-0.4, -0.2) is 49.8 Å². The first kappa shape index (κ1) is 27.6. The maximum absolute atomic E-state index is 11.7. The number of halogens is 1. The Morgan fingerprint density at radius 1 is 1.10 bits per heavy atom. The van der Waals surface area contributed by atoms with Crippen molar-refractivity contribution >= 4 is 47.5 Å². The van der Waals surface area contributed by atoms with Crippen LogP contribution in [0.4, 0.5) is 0 Å². The van der Waals surface area contributed by atoms with Gasteiger partial charge in [-0.1, -0.05) is 31.2 Å². The molecule has 1 aliphatic rings. The van der Waals surface area contributed by atoms with Crippen LogP contribution in [-0.2, 0) is 22.8 Å².